The van der Waals surface area contributed by atoms with Gasteiger partial charge in [0.05, 0.1) is 6.61 Å². The molecule has 0 aromatic heterocycles. The Morgan fingerprint density at radius 3 is 2.68 bits per heavy atom. The van der Waals surface area contributed by atoms with Crippen LogP contribution in [-0.2, 0) is 25.4 Å². The maximum atomic E-state index is 12.3. The summed E-state index contributed by atoms with van der Waals surface area (Å²) in [6, 6.07) is 10.3. The van der Waals surface area contributed by atoms with Crippen LogP contribution in [0.25, 0.3) is 0 Å². The van der Waals surface area contributed by atoms with Crippen LogP contribution in [0.4, 0.5) is 4.79 Å². The molecule has 6 nitrogen and oxygen atoms in total. The molecule has 1 amide bonds. The molecule has 0 radical (unpaired) electrons. The van der Waals surface area contributed by atoms with Gasteiger partial charge in [-0.3, -0.25) is 4.79 Å². The molecular weight excluding hydrogens is 466 g/mol. The van der Waals surface area contributed by atoms with Crippen LogP contribution in [0.1, 0.15) is 76.7 Å². The number of hydrogen-bond donors (Lipinski definition) is 1. The first-order valence-corrected chi connectivity index (χ1v) is 14.1. The number of hydrogen-bond acceptors (Lipinski definition) is 5. The zero-order valence-electron chi connectivity index (χ0n) is 22.9. The van der Waals surface area contributed by atoms with Gasteiger partial charge in [0.15, 0.2) is 0 Å². The zero-order chi connectivity index (χ0) is 26.6. The van der Waals surface area contributed by atoms with Crippen LogP contribution in [-0.4, -0.2) is 45.0 Å². The minimum Gasteiger partial charge on any atom is -0.434 e. The average Bonchev–Trinajstić information content (AvgIpc) is 3.35. The number of allylic oxidation sites excluding steroid dienone is 3. The van der Waals surface area contributed by atoms with Crippen LogP contribution in [0.15, 0.2) is 54.6 Å². The van der Waals surface area contributed by atoms with Crippen molar-refractivity contribution < 1.29 is 23.8 Å². The van der Waals surface area contributed by atoms with Gasteiger partial charge in [-0.05, 0) is 88.2 Å². The number of carbonyl (C=O) groups excluding carboxylic acids is 2. The molecule has 2 rings (SSSR count). The number of methoxy groups -OCH3 is 1. The third-order valence-corrected chi connectivity index (χ3v) is 6.82. The summed E-state index contributed by atoms with van der Waals surface area (Å²) in [6.45, 7) is 3.64. The topological polar surface area (TPSA) is 73.9 Å². The highest BCUT2D eigenvalue weighted by Gasteiger charge is 2.24. The van der Waals surface area contributed by atoms with Crippen molar-refractivity contribution in [3.05, 3.63) is 60.2 Å². The fraction of sp³-hybridized carbons (Fsp3) is 0.613. The van der Waals surface area contributed by atoms with Crippen LogP contribution < -0.4 is 5.32 Å². The lowest BCUT2D eigenvalue weighted by atomic mass is 9.91. The first-order valence-electron chi connectivity index (χ1n) is 14.1. The zero-order valence-corrected chi connectivity index (χ0v) is 22.9. The minimum atomic E-state index is -0.598. The second kappa shape index (κ2) is 19.5. The van der Waals surface area contributed by atoms with Crippen LogP contribution >= 0.6 is 0 Å². The summed E-state index contributed by atoms with van der Waals surface area (Å²) in [6.07, 6.45) is 18.2. The normalized spacial score (nSPS) is 18.3. The van der Waals surface area contributed by atoms with E-state index in [1.54, 1.807) is 7.11 Å². The van der Waals surface area contributed by atoms with Gasteiger partial charge in [0.25, 0.3) is 0 Å². The first-order chi connectivity index (χ1) is 18.1. The van der Waals surface area contributed by atoms with Crippen LogP contribution in [0, 0.1) is 11.8 Å². The maximum Gasteiger partial charge on any atom is 0.508 e. The fourth-order valence-corrected chi connectivity index (χ4v) is 4.74. The molecule has 6 heteroatoms. The van der Waals surface area contributed by atoms with Crippen molar-refractivity contribution >= 4 is 12.1 Å². The molecule has 0 unspecified atom stereocenters. The van der Waals surface area contributed by atoms with E-state index in [9.17, 15) is 9.59 Å². The van der Waals surface area contributed by atoms with Crippen molar-refractivity contribution in [3.8, 4) is 0 Å². The van der Waals surface area contributed by atoms with Gasteiger partial charge in [0.1, 0.15) is 6.10 Å². The third-order valence-electron chi connectivity index (χ3n) is 6.82. The molecule has 0 bridgehead atoms. The fourth-order valence-electron chi connectivity index (χ4n) is 4.74. The smallest absolute Gasteiger partial charge is 0.434 e. The first kappa shape index (κ1) is 30.6. The van der Waals surface area contributed by atoms with Crippen molar-refractivity contribution in [2.75, 3.05) is 26.9 Å². The number of benzene rings is 1. The third kappa shape index (κ3) is 14.1. The van der Waals surface area contributed by atoms with Gasteiger partial charge in [-0.25, -0.2) is 4.79 Å². The lowest BCUT2D eigenvalue weighted by Gasteiger charge is -2.18. The minimum absolute atomic E-state index is 0.135. The molecule has 1 aromatic rings. The number of nitrogens with one attached hydrogen (secondary N) is 1. The Kier molecular flexibility index (Phi) is 16.1. The van der Waals surface area contributed by atoms with E-state index < -0.39 is 6.16 Å². The van der Waals surface area contributed by atoms with E-state index in [1.807, 2.05) is 25.1 Å². The van der Waals surface area contributed by atoms with Crippen LogP contribution in [0.3, 0.4) is 0 Å². The SMILES string of the molecule is CCNC(=O)CCC/C=C\C[C@H]1CCC[C@@H]1/C=C/[C@H](CCc1ccccc1)OC(=O)OCCCCOC. The Bertz CT molecular complexity index is 807. The second-order valence-corrected chi connectivity index (χ2v) is 9.77. The molecule has 1 fully saturated rings. The number of rotatable bonds is 18. The van der Waals surface area contributed by atoms with Gasteiger partial charge in [0, 0.05) is 26.7 Å². The Morgan fingerprint density at radius 1 is 1.08 bits per heavy atom. The largest absolute Gasteiger partial charge is 0.508 e. The van der Waals surface area contributed by atoms with Gasteiger partial charge in [-0.2, -0.15) is 0 Å². The predicted molar refractivity (Wildman–Crippen MR) is 148 cm³/mol. The number of carbonyl (C=O) groups is 2. The lowest BCUT2D eigenvalue weighted by molar-refractivity contribution is -0.121. The summed E-state index contributed by atoms with van der Waals surface area (Å²) in [4.78, 5) is 23.9. The highest BCUT2D eigenvalue weighted by molar-refractivity contribution is 5.75. The Hall–Kier alpha value is -2.60. The summed E-state index contributed by atoms with van der Waals surface area (Å²) < 4.78 is 16.0. The summed E-state index contributed by atoms with van der Waals surface area (Å²) in [7, 11) is 1.67. The number of amides is 1. The highest BCUT2D eigenvalue weighted by atomic mass is 16.7. The van der Waals surface area contributed by atoms with E-state index in [4.69, 9.17) is 14.2 Å². The van der Waals surface area contributed by atoms with E-state index in [1.165, 1.54) is 24.8 Å². The van der Waals surface area contributed by atoms with E-state index in [2.05, 4.69) is 41.8 Å². The van der Waals surface area contributed by atoms with E-state index in [-0.39, 0.29) is 12.0 Å². The monoisotopic (exact) mass is 513 g/mol. The van der Waals surface area contributed by atoms with Gasteiger partial charge in [-0.1, -0.05) is 55.0 Å². The standard InChI is InChI=1S/C31H47NO5/c1-3-32-30(33)19-10-5-4-9-16-27-17-13-18-28(27)21-23-29(22-20-26-14-7-6-8-15-26)37-31(34)36-25-12-11-24-35-2/h4,6-9,14-15,21,23,27-29H,3,5,10-13,16-20,22,24-25H2,1-2H3,(H,32,33)/b9-4-,23-21+/t27-,28+,29-/m0/s1. The maximum absolute atomic E-state index is 12.3. The molecule has 1 saturated carbocycles. The molecule has 0 saturated heterocycles. The number of unbranched alkanes of at least 4 members (excludes halogenated alkanes) is 2. The quantitative estimate of drug-likeness (QED) is 0.133. The highest BCUT2D eigenvalue weighted by Crippen LogP contribution is 2.35. The summed E-state index contributed by atoms with van der Waals surface area (Å²) in [5, 5.41) is 2.84. The van der Waals surface area contributed by atoms with E-state index in [0.29, 0.717) is 38.0 Å². The molecule has 0 spiro atoms. The van der Waals surface area contributed by atoms with Crippen molar-refractivity contribution in [1.82, 2.24) is 5.32 Å². The Balaban J connectivity index is 1.84. The summed E-state index contributed by atoms with van der Waals surface area (Å²) in [5.74, 6) is 1.24. The molecule has 1 aliphatic carbocycles. The van der Waals surface area contributed by atoms with E-state index >= 15 is 0 Å². The van der Waals surface area contributed by atoms with Gasteiger partial charge >= 0.3 is 6.16 Å². The molecule has 206 valence electrons. The molecule has 0 heterocycles. The summed E-state index contributed by atoms with van der Waals surface area (Å²) in [5.41, 5.74) is 1.23. The Morgan fingerprint density at radius 2 is 1.89 bits per heavy atom. The molecule has 1 aliphatic rings. The van der Waals surface area contributed by atoms with Crippen molar-refractivity contribution in [2.45, 2.75) is 83.7 Å². The van der Waals surface area contributed by atoms with Crippen molar-refractivity contribution in [3.63, 3.8) is 0 Å². The predicted octanol–water partition coefficient (Wildman–Crippen LogP) is 6.79. The van der Waals surface area contributed by atoms with Gasteiger partial charge in [-0.15, -0.1) is 0 Å². The lowest BCUT2D eigenvalue weighted by Crippen LogP contribution is -2.21. The number of aryl methyl sites for hydroxylation is 1. The van der Waals surface area contributed by atoms with Crippen molar-refractivity contribution in [2.24, 2.45) is 11.8 Å². The van der Waals surface area contributed by atoms with Crippen LogP contribution in [0.2, 0.25) is 0 Å². The molecule has 0 aliphatic heterocycles. The average molecular weight is 514 g/mol. The van der Waals surface area contributed by atoms with Crippen LogP contribution in [0.5, 0.6) is 0 Å². The summed E-state index contributed by atoms with van der Waals surface area (Å²) >= 11 is 0. The molecule has 3 atom stereocenters. The molecular formula is C31H47NO5. The van der Waals surface area contributed by atoms with E-state index in [0.717, 1.165) is 44.9 Å². The van der Waals surface area contributed by atoms with Crippen molar-refractivity contribution in [1.29, 1.82) is 0 Å². The molecule has 1 N–H and O–H groups in total. The molecule has 1 aromatic carbocycles. The second-order valence-electron chi connectivity index (χ2n) is 9.77. The molecule has 37 heavy (non-hydrogen) atoms. The number of ether oxygens (including phenoxy) is 3. The van der Waals surface area contributed by atoms with Gasteiger partial charge in [0.2, 0.25) is 5.91 Å². The Labute approximate surface area is 223 Å². The van der Waals surface area contributed by atoms with Gasteiger partial charge < -0.3 is 19.5 Å².